The van der Waals surface area contributed by atoms with Crippen molar-refractivity contribution in [2.75, 3.05) is 70.7 Å². The molecule has 0 unspecified atom stereocenters. The van der Waals surface area contributed by atoms with Gasteiger partial charge in [-0.05, 0) is 26.7 Å². The minimum Gasteiger partial charge on any atom is -0.449 e. The zero-order chi connectivity index (χ0) is 32.9. The van der Waals surface area contributed by atoms with Crippen LogP contribution in [-0.4, -0.2) is 115 Å². The van der Waals surface area contributed by atoms with Crippen LogP contribution in [0.15, 0.2) is 36.4 Å². The minimum atomic E-state index is -3.76. The predicted octanol–water partition coefficient (Wildman–Crippen LogP) is 3.79. The second-order valence-electron chi connectivity index (χ2n) is 11.0. The van der Waals surface area contributed by atoms with Gasteiger partial charge in [-0.25, -0.2) is 14.8 Å². The van der Waals surface area contributed by atoms with Gasteiger partial charge in [0, 0.05) is 44.4 Å². The molecule has 1 aromatic carbocycles. The number of piperazine rings is 1. The van der Waals surface area contributed by atoms with E-state index in [2.05, 4.69) is 20.6 Å². The number of nitrogens with zero attached hydrogens (tertiary/aromatic N) is 4. The van der Waals surface area contributed by atoms with Crippen molar-refractivity contribution >= 4 is 31.3 Å². The lowest BCUT2D eigenvalue weighted by Gasteiger charge is -2.36. The van der Waals surface area contributed by atoms with Gasteiger partial charge in [-0.15, -0.1) is 0 Å². The molecule has 15 heteroatoms. The predicted molar refractivity (Wildman–Crippen MR) is 172 cm³/mol. The third-order valence-corrected chi connectivity index (χ3v) is 9.62. The van der Waals surface area contributed by atoms with E-state index < -0.39 is 31.5 Å². The Kier molecular flexibility index (Phi) is 13.3. The van der Waals surface area contributed by atoms with Crippen LogP contribution in [0.1, 0.15) is 50.5 Å². The number of rotatable bonds is 15. The molecular formula is C31H45N6O8P. The van der Waals surface area contributed by atoms with Crippen molar-refractivity contribution in [2.24, 2.45) is 0 Å². The summed E-state index contributed by atoms with van der Waals surface area (Å²) in [5, 5.41) is 6.08. The number of nitrogens with one attached hydrogen (secondary N) is 2. The Morgan fingerprint density at radius 1 is 1.02 bits per heavy atom. The highest BCUT2D eigenvalue weighted by atomic mass is 31.2. The molecular weight excluding hydrogens is 615 g/mol. The fraction of sp³-hybridized carbons (Fsp3) is 0.581. The van der Waals surface area contributed by atoms with E-state index in [0.717, 1.165) is 19.3 Å². The third-order valence-electron chi connectivity index (χ3n) is 7.51. The molecule has 252 valence electrons. The number of aromatic nitrogens is 2. The molecule has 3 heterocycles. The molecule has 14 nitrogen and oxygen atoms in total. The summed E-state index contributed by atoms with van der Waals surface area (Å²) < 4.78 is 35.4. The van der Waals surface area contributed by atoms with Crippen molar-refractivity contribution in [3.63, 3.8) is 0 Å². The molecule has 2 N–H and O–H groups in total. The van der Waals surface area contributed by atoms with Gasteiger partial charge in [-0.3, -0.25) is 14.2 Å². The first kappa shape index (κ1) is 35.3. The maximum absolute atomic E-state index is 13.9. The Balaban J connectivity index is 1.56. The van der Waals surface area contributed by atoms with Crippen LogP contribution in [0.3, 0.4) is 0 Å². The summed E-state index contributed by atoms with van der Waals surface area (Å²) in [7, 11) is -3.76. The lowest BCUT2D eigenvalue weighted by Crippen LogP contribution is -2.57. The van der Waals surface area contributed by atoms with Gasteiger partial charge in [0.1, 0.15) is 17.6 Å². The topological polar surface area (TPSA) is 162 Å². The van der Waals surface area contributed by atoms with Gasteiger partial charge < -0.3 is 39.0 Å². The first-order chi connectivity index (χ1) is 22.2. The van der Waals surface area contributed by atoms with E-state index in [1.54, 1.807) is 18.7 Å². The zero-order valence-corrected chi connectivity index (χ0v) is 27.7. The molecule has 2 atom stereocenters. The van der Waals surface area contributed by atoms with Crippen LogP contribution >= 0.6 is 7.60 Å². The molecule has 1 aromatic heterocycles. The van der Waals surface area contributed by atoms with Crippen LogP contribution in [0, 0.1) is 0 Å². The van der Waals surface area contributed by atoms with E-state index in [-0.39, 0.29) is 57.3 Å². The largest absolute Gasteiger partial charge is 0.449 e. The maximum atomic E-state index is 13.9. The van der Waals surface area contributed by atoms with Crippen LogP contribution < -0.4 is 10.6 Å². The standard InChI is InChI=1S/C31H45N6O8P/c1-4-7-18-43-31(40)37-16-14-36(15-17-37)30(39)26(22-46(41,44-5-2)45-6-3)34-29(38)25-20-27(32-24-13-19-42-21-24)35-28(33-25)23-11-9-8-10-12-23/h8-12,20,24,26H,4-7,13-19,21-22H2,1-3H3,(H,34,38)(H,32,33,35)/t24-,26+/m1/s1. The van der Waals surface area contributed by atoms with E-state index in [0.29, 0.717) is 37.0 Å². The van der Waals surface area contributed by atoms with Crippen LogP contribution in [0.2, 0.25) is 0 Å². The fourth-order valence-corrected chi connectivity index (χ4v) is 6.88. The summed E-state index contributed by atoms with van der Waals surface area (Å²) in [5.74, 6) is -0.352. The van der Waals surface area contributed by atoms with Crippen molar-refractivity contribution in [1.82, 2.24) is 25.1 Å². The van der Waals surface area contributed by atoms with Crippen LogP contribution in [0.5, 0.6) is 0 Å². The third kappa shape index (κ3) is 9.96. The Hall–Kier alpha value is -3.58. The molecule has 46 heavy (non-hydrogen) atoms. The number of carbonyl (C=O) groups excluding carboxylic acids is 3. The minimum absolute atomic E-state index is 0.0228. The molecule has 2 aromatic rings. The van der Waals surface area contributed by atoms with E-state index in [4.69, 9.17) is 18.5 Å². The second kappa shape index (κ2) is 17.4. The summed E-state index contributed by atoms with van der Waals surface area (Å²) in [6.07, 6.45) is 1.67. The van der Waals surface area contributed by atoms with Gasteiger partial charge in [-0.1, -0.05) is 43.7 Å². The number of anilines is 1. The summed E-state index contributed by atoms with van der Waals surface area (Å²) in [5.41, 5.74) is 0.731. The Morgan fingerprint density at radius 2 is 1.72 bits per heavy atom. The van der Waals surface area contributed by atoms with Gasteiger partial charge in [0.15, 0.2) is 5.82 Å². The van der Waals surface area contributed by atoms with Crippen molar-refractivity contribution in [2.45, 2.75) is 52.1 Å². The van der Waals surface area contributed by atoms with E-state index in [1.165, 1.54) is 11.0 Å². The van der Waals surface area contributed by atoms with Crippen molar-refractivity contribution in [3.8, 4) is 11.4 Å². The Bertz CT molecular complexity index is 1340. The van der Waals surface area contributed by atoms with Crippen molar-refractivity contribution < 1.29 is 37.5 Å². The van der Waals surface area contributed by atoms with Crippen LogP contribution in [0.25, 0.3) is 11.4 Å². The first-order valence-electron chi connectivity index (χ1n) is 15.9. The SMILES string of the molecule is CCCCOC(=O)N1CCN(C(=O)[C@H](CP(=O)(OCC)OCC)NC(=O)c2cc(N[C@@H]3CCOC3)nc(-c3ccccc3)n2)CC1. The summed E-state index contributed by atoms with van der Waals surface area (Å²) >= 11 is 0. The number of amides is 3. The zero-order valence-electron chi connectivity index (χ0n) is 26.8. The molecule has 3 amide bonds. The highest BCUT2D eigenvalue weighted by Crippen LogP contribution is 2.48. The van der Waals surface area contributed by atoms with Crippen molar-refractivity contribution in [3.05, 3.63) is 42.1 Å². The number of hydrogen-bond acceptors (Lipinski definition) is 11. The van der Waals surface area contributed by atoms with Crippen molar-refractivity contribution in [1.29, 1.82) is 0 Å². The monoisotopic (exact) mass is 660 g/mol. The van der Waals surface area contributed by atoms with E-state index >= 15 is 0 Å². The molecule has 0 radical (unpaired) electrons. The summed E-state index contributed by atoms with van der Waals surface area (Å²) in [6.45, 7) is 7.98. The molecule has 2 aliphatic rings. The molecule has 0 aliphatic carbocycles. The lowest BCUT2D eigenvalue weighted by atomic mass is 10.2. The number of benzene rings is 1. The smallest absolute Gasteiger partial charge is 0.409 e. The van der Waals surface area contributed by atoms with Gasteiger partial charge in [0.2, 0.25) is 5.91 Å². The molecule has 2 aliphatic heterocycles. The first-order valence-corrected chi connectivity index (χ1v) is 17.7. The van der Waals surface area contributed by atoms with Gasteiger partial charge in [0.25, 0.3) is 5.91 Å². The average molecular weight is 661 g/mol. The van der Waals surface area contributed by atoms with Gasteiger partial charge in [-0.2, -0.15) is 0 Å². The quantitative estimate of drug-likeness (QED) is 0.211. The van der Waals surface area contributed by atoms with Crippen LogP contribution in [0.4, 0.5) is 10.6 Å². The highest BCUT2D eigenvalue weighted by Gasteiger charge is 2.37. The average Bonchev–Trinajstić information content (AvgIpc) is 3.57. The molecule has 2 fully saturated rings. The normalized spacial score (nSPS) is 17.4. The number of carbonyl (C=O) groups is 3. The number of ether oxygens (including phenoxy) is 2. The molecule has 0 saturated carbocycles. The number of unbranched alkanes of at least 4 members (excludes halogenated alkanes) is 1. The van der Waals surface area contributed by atoms with Crippen LogP contribution in [-0.2, 0) is 27.9 Å². The molecule has 2 saturated heterocycles. The number of hydrogen-bond donors (Lipinski definition) is 2. The summed E-state index contributed by atoms with van der Waals surface area (Å²) in [4.78, 5) is 52.4. The van der Waals surface area contributed by atoms with Gasteiger partial charge >= 0.3 is 13.7 Å². The Labute approximate surface area is 270 Å². The van der Waals surface area contributed by atoms with Gasteiger partial charge in [0.05, 0.1) is 38.6 Å². The maximum Gasteiger partial charge on any atom is 0.409 e. The Morgan fingerprint density at radius 3 is 2.35 bits per heavy atom. The fourth-order valence-electron chi connectivity index (χ4n) is 5.11. The van der Waals surface area contributed by atoms with E-state index in [9.17, 15) is 18.9 Å². The molecule has 0 spiro atoms. The lowest BCUT2D eigenvalue weighted by molar-refractivity contribution is -0.134. The molecule has 4 rings (SSSR count). The molecule has 0 bridgehead atoms. The van der Waals surface area contributed by atoms with E-state index in [1.807, 2.05) is 37.3 Å². The highest BCUT2D eigenvalue weighted by molar-refractivity contribution is 7.54. The summed E-state index contributed by atoms with van der Waals surface area (Å²) in [6, 6.07) is 9.54. The second-order valence-corrected chi connectivity index (χ2v) is 13.1.